The second kappa shape index (κ2) is 9.32. The van der Waals surface area contributed by atoms with E-state index in [1.807, 2.05) is 13.0 Å². The van der Waals surface area contributed by atoms with Gasteiger partial charge in [-0.15, -0.1) is 0 Å². The molecule has 0 radical (unpaired) electrons. The smallest absolute Gasteiger partial charge is 0.411 e. The summed E-state index contributed by atoms with van der Waals surface area (Å²) in [7, 11) is -2.48. The molecule has 0 aliphatic rings. The van der Waals surface area contributed by atoms with Crippen molar-refractivity contribution < 1.29 is 27.4 Å². The molecule has 0 heterocycles. The lowest BCUT2D eigenvalue weighted by Crippen LogP contribution is -2.17. The molecule has 2 aromatic carbocycles. The summed E-state index contributed by atoms with van der Waals surface area (Å²) in [5.41, 5.74) is 1.38. The molecule has 2 rings (SSSR count). The number of carbonyl (C=O) groups is 1. The lowest BCUT2D eigenvalue weighted by Gasteiger charge is -2.15. The van der Waals surface area contributed by atoms with Crippen LogP contribution in [0.3, 0.4) is 0 Å². The number of methoxy groups -OCH3 is 1. The molecule has 8 nitrogen and oxygen atoms in total. The van der Waals surface area contributed by atoms with Gasteiger partial charge in [-0.3, -0.25) is 10.0 Å². The molecule has 152 valence electrons. The molecule has 0 aromatic heterocycles. The van der Waals surface area contributed by atoms with Gasteiger partial charge in [-0.2, -0.15) is 0 Å². The number of amides is 1. The van der Waals surface area contributed by atoms with Crippen molar-refractivity contribution >= 4 is 27.5 Å². The minimum Gasteiger partial charge on any atom is -0.495 e. The first-order valence-electron chi connectivity index (χ1n) is 8.68. The number of carbonyl (C=O) groups excluding carboxylic acids is 1. The van der Waals surface area contributed by atoms with E-state index in [1.54, 1.807) is 26.0 Å². The first-order valence-corrected chi connectivity index (χ1v) is 10.2. The topological polar surface area (TPSA) is 103 Å². The highest BCUT2D eigenvalue weighted by atomic mass is 32.2. The number of anilines is 2. The predicted octanol–water partition coefficient (Wildman–Crippen LogP) is 3.77. The van der Waals surface area contributed by atoms with Crippen LogP contribution in [0.4, 0.5) is 16.2 Å². The Morgan fingerprint density at radius 3 is 2.36 bits per heavy atom. The summed E-state index contributed by atoms with van der Waals surface area (Å²) >= 11 is 0. The summed E-state index contributed by atoms with van der Waals surface area (Å²) < 4.78 is 43.8. The van der Waals surface area contributed by atoms with Gasteiger partial charge in [0.1, 0.15) is 11.5 Å². The monoisotopic (exact) mass is 408 g/mol. The average Bonchev–Trinajstić information content (AvgIpc) is 2.63. The molecular formula is C19H24N2O6S. The predicted molar refractivity (Wildman–Crippen MR) is 107 cm³/mol. The van der Waals surface area contributed by atoms with Crippen molar-refractivity contribution in [3.05, 3.63) is 42.0 Å². The highest BCUT2D eigenvalue weighted by Gasteiger charge is 2.20. The lowest BCUT2D eigenvalue weighted by atomic mass is 10.2. The van der Waals surface area contributed by atoms with Crippen molar-refractivity contribution in [3.8, 4) is 11.5 Å². The number of hydrogen-bond donors (Lipinski definition) is 2. The quantitative estimate of drug-likeness (QED) is 0.689. The van der Waals surface area contributed by atoms with Crippen molar-refractivity contribution in [2.75, 3.05) is 30.4 Å². The molecule has 2 aromatic rings. The van der Waals surface area contributed by atoms with E-state index in [2.05, 4.69) is 10.0 Å². The third-order valence-corrected chi connectivity index (χ3v) is 5.04. The number of benzene rings is 2. The fraction of sp³-hybridized carbons (Fsp3) is 0.316. The maximum absolute atomic E-state index is 12.9. The first kappa shape index (κ1) is 21.4. The minimum absolute atomic E-state index is 0.0497. The van der Waals surface area contributed by atoms with Gasteiger partial charge in [-0.25, -0.2) is 13.2 Å². The van der Waals surface area contributed by atoms with Gasteiger partial charge < -0.3 is 14.2 Å². The standard InChI is InChI=1S/C19H24N2O6S/c1-5-26-18-10-8-14(12-15(18)20-19(22)27-6-2)28(23,24)21-16-11-13(3)7-9-17(16)25-4/h7-12,21H,5-6H2,1-4H3,(H,20,22). The molecule has 0 spiro atoms. The molecule has 1 amide bonds. The van der Waals surface area contributed by atoms with Gasteiger partial charge in [-0.1, -0.05) is 6.07 Å². The zero-order chi connectivity index (χ0) is 20.7. The second-order valence-electron chi connectivity index (χ2n) is 5.75. The molecule has 0 atom stereocenters. The first-order chi connectivity index (χ1) is 13.3. The number of aryl methyl sites for hydroxylation is 1. The Balaban J connectivity index is 2.39. The Kier molecular flexibility index (Phi) is 7.11. The summed E-state index contributed by atoms with van der Waals surface area (Å²) in [6.07, 6.45) is -0.702. The molecule has 2 N–H and O–H groups in total. The van der Waals surface area contributed by atoms with Gasteiger partial charge in [-0.05, 0) is 56.7 Å². The van der Waals surface area contributed by atoms with E-state index < -0.39 is 16.1 Å². The zero-order valence-electron chi connectivity index (χ0n) is 16.2. The van der Waals surface area contributed by atoms with E-state index in [-0.39, 0.29) is 17.2 Å². The van der Waals surface area contributed by atoms with E-state index >= 15 is 0 Å². The van der Waals surface area contributed by atoms with Crippen LogP contribution in [0.1, 0.15) is 19.4 Å². The van der Waals surface area contributed by atoms with E-state index in [0.29, 0.717) is 23.8 Å². The maximum atomic E-state index is 12.9. The lowest BCUT2D eigenvalue weighted by molar-refractivity contribution is 0.167. The minimum atomic E-state index is -3.94. The van der Waals surface area contributed by atoms with E-state index in [0.717, 1.165) is 5.56 Å². The maximum Gasteiger partial charge on any atom is 0.411 e. The van der Waals surface area contributed by atoms with Gasteiger partial charge in [0.05, 0.1) is 36.6 Å². The van der Waals surface area contributed by atoms with Crippen molar-refractivity contribution in [2.24, 2.45) is 0 Å². The summed E-state index contributed by atoms with van der Waals surface area (Å²) in [4.78, 5) is 11.7. The van der Waals surface area contributed by atoms with Crippen LogP contribution >= 0.6 is 0 Å². The summed E-state index contributed by atoms with van der Waals surface area (Å²) in [5, 5.41) is 2.50. The van der Waals surface area contributed by atoms with Crippen LogP contribution in [-0.2, 0) is 14.8 Å². The number of sulfonamides is 1. The number of hydrogen-bond acceptors (Lipinski definition) is 6. The van der Waals surface area contributed by atoms with Crippen LogP contribution in [-0.4, -0.2) is 34.8 Å². The molecular weight excluding hydrogens is 384 g/mol. The summed E-state index contributed by atoms with van der Waals surface area (Å²) in [5.74, 6) is 0.729. The van der Waals surface area contributed by atoms with Crippen LogP contribution in [0.2, 0.25) is 0 Å². The van der Waals surface area contributed by atoms with Crippen molar-refractivity contribution in [1.29, 1.82) is 0 Å². The molecule has 0 aliphatic heterocycles. The van der Waals surface area contributed by atoms with E-state index in [4.69, 9.17) is 14.2 Å². The molecule has 0 bridgehead atoms. The molecule has 9 heteroatoms. The fourth-order valence-corrected chi connectivity index (χ4v) is 3.52. The summed E-state index contributed by atoms with van der Waals surface area (Å²) in [6.45, 7) is 5.83. The van der Waals surface area contributed by atoms with Gasteiger partial charge in [0.2, 0.25) is 0 Å². The average molecular weight is 408 g/mol. The molecule has 28 heavy (non-hydrogen) atoms. The Bertz CT molecular complexity index is 943. The van der Waals surface area contributed by atoms with Crippen molar-refractivity contribution in [2.45, 2.75) is 25.7 Å². The normalized spacial score (nSPS) is 10.9. The Labute approximate surface area is 164 Å². The third kappa shape index (κ3) is 5.29. The van der Waals surface area contributed by atoms with Crippen molar-refractivity contribution in [1.82, 2.24) is 0 Å². The highest BCUT2D eigenvalue weighted by Crippen LogP contribution is 2.31. The Morgan fingerprint density at radius 2 is 1.71 bits per heavy atom. The molecule has 0 saturated heterocycles. The fourth-order valence-electron chi connectivity index (χ4n) is 2.44. The van der Waals surface area contributed by atoms with Crippen LogP contribution in [0, 0.1) is 6.92 Å². The molecule has 0 unspecified atom stereocenters. The van der Waals surface area contributed by atoms with E-state index in [9.17, 15) is 13.2 Å². The van der Waals surface area contributed by atoms with Gasteiger partial charge >= 0.3 is 6.09 Å². The number of nitrogens with one attached hydrogen (secondary N) is 2. The van der Waals surface area contributed by atoms with Crippen LogP contribution in [0.25, 0.3) is 0 Å². The molecule has 0 aliphatic carbocycles. The number of ether oxygens (including phenoxy) is 3. The summed E-state index contributed by atoms with van der Waals surface area (Å²) in [6, 6.07) is 9.35. The molecule has 0 fully saturated rings. The Morgan fingerprint density at radius 1 is 1.00 bits per heavy atom. The van der Waals surface area contributed by atoms with Crippen LogP contribution < -0.4 is 19.5 Å². The largest absolute Gasteiger partial charge is 0.495 e. The van der Waals surface area contributed by atoms with Crippen molar-refractivity contribution in [3.63, 3.8) is 0 Å². The van der Waals surface area contributed by atoms with Gasteiger partial charge in [0.15, 0.2) is 0 Å². The van der Waals surface area contributed by atoms with Gasteiger partial charge in [0.25, 0.3) is 10.0 Å². The zero-order valence-corrected chi connectivity index (χ0v) is 17.1. The van der Waals surface area contributed by atoms with Gasteiger partial charge in [0, 0.05) is 0 Å². The SMILES string of the molecule is CCOC(=O)Nc1cc(S(=O)(=O)Nc2cc(C)ccc2OC)ccc1OCC. The van der Waals surface area contributed by atoms with Crippen LogP contribution in [0.15, 0.2) is 41.3 Å². The second-order valence-corrected chi connectivity index (χ2v) is 7.43. The highest BCUT2D eigenvalue weighted by molar-refractivity contribution is 7.92. The number of rotatable bonds is 8. The molecule has 0 saturated carbocycles. The van der Waals surface area contributed by atoms with Crippen LogP contribution in [0.5, 0.6) is 11.5 Å². The third-order valence-electron chi connectivity index (χ3n) is 3.67. The van der Waals surface area contributed by atoms with E-state index in [1.165, 1.54) is 25.3 Å². The Hall–Kier alpha value is -2.94.